The molecule has 1 aromatic rings. The van der Waals surface area contributed by atoms with E-state index in [9.17, 15) is 8.78 Å². The maximum absolute atomic E-state index is 11.9. The van der Waals surface area contributed by atoms with E-state index in [2.05, 4.69) is 15.5 Å². The Morgan fingerprint density at radius 3 is 2.85 bits per heavy atom. The van der Waals surface area contributed by atoms with E-state index in [-0.39, 0.29) is 12.5 Å². The topological polar surface area (TPSA) is 40.7 Å². The van der Waals surface area contributed by atoms with Crippen molar-refractivity contribution in [2.24, 2.45) is 0 Å². The number of H-pyrrole nitrogens is 1. The minimum Gasteiger partial charge on any atom is -0.357 e. The number of alkyl halides is 2. The molecular formula is C6H9F2N3S2. The molecular weight excluding hydrogens is 216 g/mol. The van der Waals surface area contributed by atoms with Crippen LogP contribution in [0, 0.1) is 3.95 Å². The number of hydrogen-bond acceptors (Lipinski definition) is 4. The Morgan fingerprint density at radius 1 is 1.69 bits per heavy atom. The number of anilines is 1. The number of nitrogens with zero attached hydrogens (tertiary/aromatic N) is 1. The minimum absolute atomic E-state index is 0.188. The fourth-order valence-corrected chi connectivity index (χ4v) is 1.73. The van der Waals surface area contributed by atoms with Gasteiger partial charge in [0.25, 0.3) is 0 Å². The first kappa shape index (κ1) is 10.5. The van der Waals surface area contributed by atoms with Crippen molar-refractivity contribution in [1.82, 2.24) is 10.2 Å². The molecule has 0 aliphatic heterocycles. The van der Waals surface area contributed by atoms with Gasteiger partial charge in [0.05, 0.1) is 0 Å². The van der Waals surface area contributed by atoms with E-state index in [1.165, 1.54) is 11.3 Å². The highest BCUT2D eigenvalue weighted by Gasteiger charge is 2.10. The predicted octanol–water partition coefficient (Wildman–Crippen LogP) is 2.66. The Balaban J connectivity index is 2.45. The lowest BCUT2D eigenvalue weighted by molar-refractivity contribution is 0.133. The monoisotopic (exact) mass is 225 g/mol. The van der Waals surface area contributed by atoms with Gasteiger partial charge < -0.3 is 5.32 Å². The highest BCUT2D eigenvalue weighted by Crippen LogP contribution is 2.14. The van der Waals surface area contributed by atoms with Gasteiger partial charge in [0.1, 0.15) is 0 Å². The molecule has 0 aliphatic carbocycles. The minimum atomic E-state index is -2.30. The van der Waals surface area contributed by atoms with Gasteiger partial charge in [0.2, 0.25) is 11.6 Å². The quantitative estimate of drug-likeness (QED) is 0.774. The molecule has 0 bridgehead atoms. The van der Waals surface area contributed by atoms with Crippen LogP contribution in [0.4, 0.5) is 13.9 Å². The third kappa shape index (κ3) is 3.77. The molecule has 0 saturated carbocycles. The SMILES string of the molecule is CC(CC(F)F)Nc1n[nH]c(=S)s1. The maximum atomic E-state index is 11.9. The first-order valence-corrected chi connectivity index (χ1v) is 4.90. The van der Waals surface area contributed by atoms with Crippen LogP contribution in [0.3, 0.4) is 0 Å². The maximum Gasteiger partial charge on any atom is 0.240 e. The van der Waals surface area contributed by atoms with Gasteiger partial charge in [-0.2, -0.15) is 0 Å². The first-order chi connectivity index (χ1) is 6.08. The van der Waals surface area contributed by atoms with Gasteiger partial charge in [-0.1, -0.05) is 11.3 Å². The van der Waals surface area contributed by atoms with Gasteiger partial charge in [-0.15, -0.1) is 5.10 Å². The summed E-state index contributed by atoms with van der Waals surface area (Å²) in [4.78, 5) is 0. The standard InChI is InChI=1S/C6H9F2N3S2/c1-3(2-4(7)8)9-5-10-11-6(12)13-5/h3-4H,2H2,1H3,(H,9,10)(H,11,12). The fraction of sp³-hybridized carbons (Fsp3) is 0.667. The molecule has 1 rings (SSSR count). The molecule has 0 aliphatic rings. The Labute approximate surface area is 83.2 Å². The van der Waals surface area contributed by atoms with Crippen molar-refractivity contribution >= 4 is 28.7 Å². The zero-order valence-electron chi connectivity index (χ0n) is 6.88. The highest BCUT2D eigenvalue weighted by molar-refractivity contribution is 7.73. The van der Waals surface area contributed by atoms with Crippen LogP contribution in [0.1, 0.15) is 13.3 Å². The molecule has 0 aromatic carbocycles. The summed E-state index contributed by atoms with van der Waals surface area (Å²) in [6.07, 6.45) is -2.48. The third-order valence-corrected chi connectivity index (χ3v) is 2.36. The summed E-state index contributed by atoms with van der Waals surface area (Å²) >= 11 is 6.02. The second-order valence-electron chi connectivity index (χ2n) is 2.59. The van der Waals surface area contributed by atoms with Crippen LogP contribution in [0.15, 0.2) is 0 Å². The molecule has 7 heteroatoms. The number of aromatic amines is 1. The van der Waals surface area contributed by atoms with Crippen molar-refractivity contribution in [1.29, 1.82) is 0 Å². The van der Waals surface area contributed by atoms with Crippen molar-refractivity contribution in [2.75, 3.05) is 5.32 Å². The first-order valence-electron chi connectivity index (χ1n) is 3.68. The largest absolute Gasteiger partial charge is 0.357 e. The lowest BCUT2D eigenvalue weighted by atomic mass is 10.2. The van der Waals surface area contributed by atoms with E-state index < -0.39 is 6.43 Å². The van der Waals surface area contributed by atoms with Gasteiger partial charge in [-0.05, 0) is 19.1 Å². The number of hydrogen-bond donors (Lipinski definition) is 2. The summed E-state index contributed by atoms with van der Waals surface area (Å²) in [6, 6.07) is -0.297. The van der Waals surface area contributed by atoms with E-state index >= 15 is 0 Å². The molecule has 74 valence electrons. The summed E-state index contributed by atoms with van der Waals surface area (Å²) in [5.41, 5.74) is 0. The van der Waals surface area contributed by atoms with Gasteiger partial charge in [0.15, 0.2) is 3.95 Å². The second kappa shape index (κ2) is 4.61. The molecule has 1 aromatic heterocycles. The number of rotatable bonds is 4. The van der Waals surface area contributed by atoms with Gasteiger partial charge >= 0.3 is 0 Å². The fourth-order valence-electron chi connectivity index (χ4n) is 0.829. The summed E-state index contributed by atoms with van der Waals surface area (Å²) in [7, 11) is 0. The lowest BCUT2D eigenvalue weighted by Gasteiger charge is -2.10. The highest BCUT2D eigenvalue weighted by atomic mass is 32.1. The average molecular weight is 225 g/mol. The molecule has 1 heterocycles. The van der Waals surface area contributed by atoms with Crippen LogP contribution >= 0.6 is 23.6 Å². The normalized spacial score (nSPS) is 13.2. The molecule has 2 N–H and O–H groups in total. The number of nitrogens with one attached hydrogen (secondary N) is 2. The van der Waals surface area contributed by atoms with Gasteiger partial charge in [-0.3, -0.25) is 5.10 Å². The smallest absolute Gasteiger partial charge is 0.240 e. The van der Waals surface area contributed by atoms with Crippen LogP contribution in [-0.4, -0.2) is 22.7 Å². The summed E-state index contributed by atoms with van der Waals surface area (Å²) in [6.45, 7) is 1.68. The van der Waals surface area contributed by atoms with Crippen molar-refractivity contribution < 1.29 is 8.78 Å². The van der Waals surface area contributed by atoms with E-state index in [0.717, 1.165) is 0 Å². The van der Waals surface area contributed by atoms with E-state index in [1.54, 1.807) is 6.92 Å². The molecule has 0 spiro atoms. The number of aromatic nitrogens is 2. The van der Waals surface area contributed by atoms with E-state index in [0.29, 0.717) is 9.09 Å². The molecule has 0 amide bonds. The summed E-state index contributed by atoms with van der Waals surface area (Å²) in [5, 5.41) is 9.73. The molecule has 0 saturated heterocycles. The molecule has 1 unspecified atom stereocenters. The van der Waals surface area contributed by atoms with Crippen LogP contribution in [-0.2, 0) is 0 Å². The lowest BCUT2D eigenvalue weighted by Crippen LogP contribution is -2.18. The average Bonchev–Trinajstić information content (AvgIpc) is 2.33. The Bertz CT molecular complexity index is 309. The molecule has 0 radical (unpaired) electrons. The van der Waals surface area contributed by atoms with Gasteiger partial charge in [0, 0.05) is 12.5 Å². The Morgan fingerprint density at radius 2 is 2.38 bits per heavy atom. The van der Waals surface area contributed by atoms with Crippen LogP contribution in [0.5, 0.6) is 0 Å². The van der Waals surface area contributed by atoms with Crippen LogP contribution in [0.25, 0.3) is 0 Å². The van der Waals surface area contributed by atoms with E-state index in [4.69, 9.17) is 12.2 Å². The van der Waals surface area contributed by atoms with E-state index in [1.807, 2.05) is 0 Å². The summed E-state index contributed by atoms with van der Waals surface area (Å²) in [5.74, 6) is 0. The van der Waals surface area contributed by atoms with Gasteiger partial charge in [-0.25, -0.2) is 8.78 Å². The third-order valence-electron chi connectivity index (χ3n) is 1.34. The zero-order valence-corrected chi connectivity index (χ0v) is 8.51. The zero-order chi connectivity index (χ0) is 9.84. The van der Waals surface area contributed by atoms with Crippen molar-refractivity contribution in [3.8, 4) is 0 Å². The molecule has 1 atom stereocenters. The Kier molecular flexibility index (Phi) is 3.73. The van der Waals surface area contributed by atoms with Crippen molar-refractivity contribution in [2.45, 2.75) is 25.8 Å². The predicted molar refractivity (Wildman–Crippen MR) is 51.0 cm³/mol. The molecule has 13 heavy (non-hydrogen) atoms. The molecule has 3 nitrogen and oxygen atoms in total. The summed E-state index contributed by atoms with van der Waals surface area (Å²) < 4.78 is 24.3. The van der Waals surface area contributed by atoms with Crippen molar-refractivity contribution in [3.05, 3.63) is 3.95 Å². The number of halogens is 2. The van der Waals surface area contributed by atoms with Crippen LogP contribution < -0.4 is 5.32 Å². The van der Waals surface area contributed by atoms with Crippen molar-refractivity contribution in [3.63, 3.8) is 0 Å². The van der Waals surface area contributed by atoms with Crippen LogP contribution in [0.2, 0.25) is 0 Å². The second-order valence-corrected chi connectivity index (χ2v) is 4.26. The Hall–Kier alpha value is -0.560. The molecule has 0 fully saturated rings.